The van der Waals surface area contributed by atoms with Gasteiger partial charge in [0.05, 0.1) is 5.69 Å². The lowest BCUT2D eigenvalue weighted by Gasteiger charge is -2.33. The third-order valence-electron chi connectivity index (χ3n) is 5.70. The Bertz CT molecular complexity index is 1240. The summed E-state index contributed by atoms with van der Waals surface area (Å²) in [6.07, 6.45) is 0. The van der Waals surface area contributed by atoms with Crippen molar-refractivity contribution in [1.82, 2.24) is 15.1 Å². The molecule has 0 fully saturated rings. The van der Waals surface area contributed by atoms with E-state index in [-0.39, 0.29) is 0 Å². The number of nitrogens with zero attached hydrogens (tertiary/aromatic N) is 4. The van der Waals surface area contributed by atoms with Crippen molar-refractivity contribution in [3.8, 4) is 17.3 Å². The van der Waals surface area contributed by atoms with E-state index in [1.807, 2.05) is 12.1 Å². The third kappa shape index (κ3) is 3.26. The first-order valence-corrected chi connectivity index (χ1v) is 9.75. The number of hydrogen-bond acceptors (Lipinski definition) is 4. The summed E-state index contributed by atoms with van der Waals surface area (Å²) in [7, 11) is 2.17. The van der Waals surface area contributed by atoms with Gasteiger partial charge in [-0.05, 0) is 52.7 Å². The van der Waals surface area contributed by atoms with E-state index in [0.717, 1.165) is 24.3 Å². The van der Waals surface area contributed by atoms with E-state index in [2.05, 4.69) is 82.8 Å². The molecule has 1 aliphatic heterocycles. The van der Waals surface area contributed by atoms with E-state index in [4.69, 9.17) is 5.26 Å². The highest BCUT2D eigenvalue weighted by Crippen LogP contribution is 2.36. The van der Waals surface area contributed by atoms with Crippen molar-refractivity contribution in [2.24, 2.45) is 0 Å². The van der Waals surface area contributed by atoms with Crippen molar-refractivity contribution in [2.45, 2.75) is 12.5 Å². The molecule has 5 rings (SSSR count). The molecule has 4 heteroatoms. The van der Waals surface area contributed by atoms with Gasteiger partial charge in [-0.25, -0.2) is 0 Å². The van der Waals surface area contributed by atoms with Crippen LogP contribution in [-0.2, 0) is 6.54 Å². The van der Waals surface area contributed by atoms with Crippen LogP contribution in [0.25, 0.3) is 22.0 Å². The molecular formula is C25H20N4. The Kier molecular flexibility index (Phi) is 4.31. The molecule has 1 atom stereocenters. The van der Waals surface area contributed by atoms with Crippen molar-refractivity contribution >= 4 is 10.8 Å². The van der Waals surface area contributed by atoms with E-state index in [9.17, 15) is 0 Å². The summed E-state index contributed by atoms with van der Waals surface area (Å²) >= 11 is 0. The molecule has 1 aromatic heterocycles. The lowest BCUT2D eigenvalue weighted by Crippen LogP contribution is -2.31. The zero-order valence-corrected chi connectivity index (χ0v) is 16.2. The molecule has 0 bridgehead atoms. The van der Waals surface area contributed by atoms with Crippen LogP contribution in [0.3, 0.4) is 0 Å². The molecular weight excluding hydrogens is 356 g/mol. The Morgan fingerprint density at radius 1 is 0.931 bits per heavy atom. The fourth-order valence-corrected chi connectivity index (χ4v) is 4.26. The van der Waals surface area contributed by atoms with E-state index in [1.165, 1.54) is 27.5 Å². The van der Waals surface area contributed by atoms with Crippen molar-refractivity contribution in [3.05, 3.63) is 95.2 Å². The lowest BCUT2D eigenvalue weighted by molar-refractivity contribution is 0.295. The summed E-state index contributed by atoms with van der Waals surface area (Å²) in [5.74, 6) is 0.342. The Labute approximate surface area is 170 Å². The van der Waals surface area contributed by atoms with Gasteiger partial charge in [0.25, 0.3) is 0 Å². The van der Waals surface area contributed by atoms with Crippen LogP contribution in [0.4, 0.5) is 0 Å². The van der Waals surface area contributed by atoms with Gasteiger partial charge in [0.15, 0.2) is 5.69 Å². The normalized spacial score (nSPS) is 16.3. The largest absolute Gasteiger partial charge is 0.301 e. The maximum Gasteiger partial charge on any atom is 0.163 e. The average molecular weight is 376 g/mol. The van der Waals surface area contributed by atoms with Gasteiger partial charge in [0.2, 0.25) is 0 Å². The van der Waals surface area contributed by atoms with Crippen LogP contribution in [0.15, 0.2) is 72.8 Å². The standard InChI is InChI=1S/C25H20N4/c1-29-15-21-13-20(25-11-9-22(14-26)27-28-25)8-10-23(21)24(16-29)19-7-6-17-4-2-3-5-18(17)12-19/h2-13,24H,15-16H2,1H3. The van der Waals surface area contributed by atoms with E-state index >= 15 is 0 Å². The number of hydrogen-bond donors (Lipinski definition) is 0. The second-order valence-electron chi connectivity index (χ2n) is 7.69. The maximum atomic E-state index is 8.93. The van der Waals surface area contributed by atoms with Gasteiger partial charge >= 0.3 is 0 Å². The highest BCUT2D eigenvalue weighted by atomic mass is 15.1. The molecule has 3 aromatic carbocycles. The van der Waals surface area contributed by atoms with Crippen molar-refractivity contribution in [1.29, 1.82) is 5.26 Å². The molecule has 0 N–H and O–H groups in total. The van der Waals surface area contributed by atoms with Crippen molar-refractivity contribution in [2.75, 3.05) is 13.6 Å². The minimum Gasteiger partial charge on any atom is -0.301 e. The summed E-state index contributed by atoms with van der Waals surface area (Å²) in [5, 5.41) is 19.7. The van der Waals surface area contributed by atoms with Gasteiger partial charge in [0.1, 0.15) is 6.07 Å². The quantitative estimate of drug-likeness (QED) is 0.507. The molecule has 4 aromatic rings. The second-order valence-corrected chi connectivity index (χ2v) is 7.69. The molecule has 0 spiro atoms. The van der Waals surface area contributed by atoms with Crippen LogP contribution in [0.5, 0.6) is 0 Å². The van der Waals surface area contributed by atoms with Crippen molar-refractivity contribution in [3.63, 3.8) is 0 Å². The SMILES string of the molecule is CN1Cc2cc(-c3ccc(C#N)nn3)ccc2C(c2ccc3ccccc3c2)C1. The highest BCUT2D eigenvalue weighted by molar-refractivity contribution is 5.83. The lowest BCUT2D eigenvalue weighted by atomic mass is 9.83. The first-order chi connectivity index (χ1) is 14.2. The first-order valence-electron chi connectivity index (χ1n) is 9.75. The molecule has 0 saturated carbocycles. The zero-order valence-electron chi connectivity index (χ0n) is 16.2. The summed E-state index contributed by atoms with van der Waals surface area (Å²) in [5.41, 5.74) is 6.21. The Morgan fingerprint density at radius 3 is 2.59 bits per heavy atom. The summed E-state index contributed by atoms with van der Waals surface area (Å²) in [6.45, 7) is 1.92. The molecule has 0 amide bonds. The van der Waals surface area contributed by atoms with Gasteiger partial charge < -0.3 is 4.90 Å². The number of fused-ring (bicyclic) bond motifs is 2. The Hall–Kier alpha value is -3.55. The zero-order chi connectivity index (χ0) is 19.8. The Balaban J connectivity index is 1.56. The minimum absolute atomic E-state index is 0.336. The van der Waals surface area contributed by atoms with E-state index in [0.29, 0.717) is 11.6 Å². The average Bonchev–Trinajstić information content (AvgIpc) is 2.78. The van der Waals surface area contributed by atoms with Crippen LogP contribution >= 0.6 is 0 Å². The van der Waals surface area contributed by atoms with E-state index in [1.54, 1.807) is 6.07 Å². The molecule has 1 unspecified atom stereocenters. The van der Waals surface area contributed by atoms with Crippen molar-refractivity contribution < 1.29 is 0 Å². The fraction of sp³-hybridized carbons (Fsp3) is 0.160. The maximum absolute atomic E-state index is 8.93. The molecule has 0 saturated heterocycles. The fourth-order valence-electron chi connectivity index (χ4n) is 4.26. The van der Waals surface area contributed by atoms with Gasteiger partial charge in [-0.15, -0.1) is 10.2 Å². The smallest absolute Gasteiger partial charge is 0.163 e. The predicted octanol–water partition coefficient (Wildman–Crippen LogP) is 4.75. The number of aromatic nitrogens is 2. The molecule has 4 nitrogen and oxygen atoms in total. The summed E-state index contributed by atoms with van der Waals surface area (Å²) < 4.78 is 0. The number of nitriles is 1. The predicted molar refractivity (Wildman–Crippen MR) is 114 cm³/mol. The topological polar surface area (TPSA) is 52.8 Å². The monoisotopic (exact) mass is 376 g/mol. The molecule has 0 aliphatic carbocycles. The molecule has 29 heavy (non-hydrogen) atoms. The first kappa shape index (κ1) is 17.5. The van der Waals surface area contributed by atoms with Crippen LogP contribution in [-0.4, -0.2) is 28.7 Å². The second kappa shape index (κ2) is 7.12. The van der Waals surface area contributed by atoms with Gasteiger partial charge in [-0.3, -0.25) is 0 Å². The van der Waals surface area contributed by atoms with E-state index < -0.39 is 0 Å². The molecule has 1 aliphatic rings. The highest BCUT2D eigenvalue weighted by Gasteiger charge is 2.25. The number of likely N-dealkylation sites (N-methyl/N-ethyl adjacent to an activating group) is 1. The third-order valence-corrected chi connectivity index (χ3v) is 5.70. The minimum atomic E-state index is 0.336. The van der Waals surface area contributed by atoms with Gasteiger partial charge in [-0.1, -0.05) is 54.6 Å². The number of benzene rings is 3. The molecule has 140 valence electrons. The summed E-state index contributed by atoms with van der Waals surface area (Å²) in [4.78, 5) is 2.37. The van der Waals surface area contributed by atoms with Crippen LogP contribution < -0.4 is 0 Å². The Morgan fingerprint density at radius 2 is 1.79 bits per heavy atom. The molecule has 2 heterocycles. The van der Waals surface area contributed by atoms with Crippen LogP contribution in [0.2, 0.25) is 0 Å². The summed E-state index contributed by atoms with van der Waals surface area (Å²) in [6, 6.07) is 27.5. The van der Waals surface area contributed by atoms with Gasteiger partial charge in [0, 0.05) is 24.6 Å². The van der Waals surface area contributed by atoms with Gasteiger partial charge in [-0.2, -0.15) is 5.26 Å². The number of rotatable bonds is 2. The van der Waals surface area contributed by atoms with Crippen LogP contribution in [0.1, 0.15) is 28.3 Å². The molecule has 0 radical (unpaired) electrons. The van der Waals surface area contributed by atoms with Crippen LogP contribution in [0, 0.1) is 11.3 Å².